The van der Waals surface area contributed by atoms with Crippen LogP contribution in [0.3, 0.4) is 0 Å². The third-order valence-corrected chi connectivity index (χ3v) is 7.21. The first-order valence-corrected chi connectivity index (χ1v) is 11.9. The topological polar surface area (TPSA) is 73.2 Å². The number of ether oxygens (including phenoxy) is 1. The van der Waals surface area contributed by atoms with Crippen molar-refractivity contribution in [3.63, 3.8) is 0 Å². The Hall–Kier alpha value is -2.72. The maximum Gasteiger partial charge on any atom is 0.387 e. The molecule has 1 aliphatic carbocycles. The number of aryl methyl sites for hydroxylation is 2. The minimum Gasteiger partial charge on any atom is -0.435 e. The Kier molecular flexibility index (Phi) is 6.90. The van der Waals surface area contributed by atoms with Crippen LogP contribution in [0, 0.1) is 0 Å². The summed E-state index contributed by atoms with van der Waals surface area (Å²) in [6.07, 6.45) is 5.71. The number of nitrogens with zero attached hydrogens (tertiary/aromatic N) is 2. The molecule has 2 aromatic heterocycles. The monoisotopic (exact) mass is 477 g/mol. The van der Waals surface area contributed by atoms with Gasteiger partial charge in [0, 0.05) is 17.1 Å². The number of aromatic nitrogens is 2. The molecule has 1 N–H and O–H groups in total. The maximum atomic E-state index is 13.2. The van der Waals surface area contributed by atoms with Gasteiger partial charge in [0.05, 0.1) is 11.1 Å². The van der Waals surface area contributed by atoms with Crippen molar-refractivity contribution in [3.05, 3.63) is 57.7 Å². The number of benzene rings is 1. The Morgan fingerprint density at radius 1 is 1.31 bits per heavy atom. The van der Waals surface area contributed by atoms with E-state index in [4.69, 9.17) is 4.98 Å². The largest absolute Gasteiger partial charge is 0.435 e. The van der Waals surface area contributed by atoms with E-state index in [2.05, 4.69) is 16.6 Å². The first-order valence-electron chi connectivity index (χ1n) is 10.1. The average Bonchev–Trinajstić information content (AvgIpc) is 3.14. The van der Waals surface area contributed by atoms with Crippen molar-refractivity contribution in [1.29, 1.82) is 0 Å². The minimum atomic E-state index is -2.90. The van der Waals surface area contributed by atoms with Crippen LogP contribution in [0.15, 0.2) is 46.9 Å². The van der Waals surface area contributed by atoms with E-state index in [1.807, 2.05) is 0 Å². The zero-order valence-corrected chi connectivity index (χ0v) is 18.7. The molecule has 1 aromatic carbocycles. The Morgan fingerprint density at radius 3 is 2.78 bits per heavy atom. The quantitative estimate of drug-likeness (QED) is 0.285. The van der Waals surface area contributed by atoms with Crippen LogP contribution in [0.2, 0.25) is 0 Å². The Bertz CT molecular complexity index is 1210. The third kappa shape index (κ3) is 4.86. The smallest absolute Gasteiger partial charge is 0.387 e. The summed E-state index contributed by atoms with van der Waals surface area (Å²) in [7, 11) is 0. The molecule has 0 saturated carbocycles. The second-order valence-corrected chi connectivity index (χ2v) is 9.26. The molecular formula is C22H21F2N3O3S2. The number of fused-ring (bicyclic) bond motifs is 3. The lowest BCUT2D eigenvalue weighted by Gasteiger charge is -2.12. The predicted octanol–water partition coefficient (Wildman–Crippen LogP) is 4.86. The Balaban J connectivity index is 1.51. The molecule has 0 saturated heterocycles. The molecule has 0 spiro atoms. The van der Waals surface area contributed by atoms with Gasteiger partial charge in [-0.15, -0.1) is 17.9 Å². The van der Waals surface area contributed by atoms with Gasteiger partial charge in [-0.3, -0.25) is 14.2 Å². The number of thioether (sulfide) groups is 1. The number of amides is 1. The summed E-state index contributed by atoms with van der Waals surface area (Å²) in [5.74, 6) is -0.255. The summed E-state index contributed by atoms with van der Waals surface area (Å²) in [6.45, 7) is 1.14. The van der Waals surface area contributed by atoms with Crippen LogP contribution in [0.4, 0.5) is 14.5 Å². The molecule has 0 atom stereocenters. The Morgan fingerprint density at radius 2 is 2.06 bits per heavy atom. The number of carbonyl (C=O) groups is 1. The highest BCUT2D eigenvalue weighted by Crippen LogP contribution is 2.34. The average molecular weight is 478 g/mol. The third-order valence-electron chi connectivity index (χ3n) is 5.05. The number of hydrogen-bond donors (Lipinski definition) is 1. The van der Waals surface area contributed by atoms with Crippen LogP contribution in [-0.4, -0.2) is 27.8 Å². The molecule has 2 heterocycles. The number of nitrogens with one attached hydrogen (secondary N) is 1. The van der Waals surface area contributed by atoms with Crippen molar-refractivity contribution >= 4 is 44.9 Å². The first kappa shape index (κ1) is 22.5. The lowest BCUT2D eigenvalue weighted by Crippen LogP contribution is -2.24. The SMILES string of the molecule is C=CCn1c(SCC(=O)Nc2ccc(OC(F)F)cc2)nc2sc3c(c2c1=O)CCCC3. The fourth-order valence-corrected chi connectivity index (χ4v) is 5.78. The molecule has 3 aromatic rings. The number of halogens is 2. The van der Waals surface area contributed by atoms with Gasteiger partial charge in [0.15, 0.2) is 5.16 Å². The van der Waals surface area contributed by atoms with E-state index in [9.17, 15) is 18.4 Å². The molecule has 4 rings (SSSR count). The van der Waals surface area contributed by atoms with Crippen LogP contribution < -0.4 is 15.6 Å². The molecule has 0 unspecified atom stereocenters. The summed E-state index contributed by atoms with van der Waals surface area (Å²) < 4.78 is 30.3. The summed E-state index contributed by atoms with van der Waals surface area (Å²) in [6, 6.07) is 5.66. The van der Waals surface area contributed by atoms with Gasteiger partial charge in [-0.05, 0) is 55.5 Å². The van der Waals surface area contributed by atoms with E-state index < -0.39 is 6.61 Å². The number of alkyl halides is 2. The van der Waals surface area contributed by atoms with Crippen molar-refractivity contribution in [2.24, 2.45) is 0 Å². The zero-order valence-electron chi connectivity index (χ0n) is 17.1. The van der Waals surface area contributed by atoms with Crippen molar-refractivity contribution in [2.75, 3.05) is 11.1 Å². The number of rotatable bonds is 8. The first-order chi connectivity index (χ1) is 15.5. The number of anilines is 1. The molecule has 0 radical (unpaired) electrons. The number of allylic oxidation sites excluding steroid dienone is 1. The van der Waals surface area contributed by atoms with E-state index in [0.717, 1.165) is 36.1 Å². The second kappa shape index (κ2) is 9.83. The van der Waals surface area contributed by atoms with Crippen LogP contribution >= 0.6 is 23.1 Å². The second-order valence-electron chi connectivity index (χ2n) is 7.23. The molecule has 10 heteroatoms. The minimum absolute atomic E-state index is 0.0111. The number of carbonyl (C=O) groups excluding carboxylic acids is 1. The molecule has 0 fully saturated rings. The molecule has 1 amide bonds. The lowest BCUT2D eigenvalue weighted by atomic mass is 9.97. The summed E-state index contributed by atoms with van der Waals surface area (Å²) >= 11 is 2.74. The molecule has 1 aliphatic rings. The molecular weight excluding hydrogens is 456 g/mol. The molecule has 0 aliphatic heterocycles. The number of hydrogen-bond acceptors (Lipinski definition) is 6. The highest BCUT2D eigenvalue weighted by molar-refractivity contribution is 7.99. The van der Waals surface area contributed by atoms with E-state index in [1.165, 1.54) is 40.9 Å². The molecule has 6 nitrogen and oxygen atoms in total. The van der Waals surface area contributed by atoms with Crippen LogP contribution in [0.25, 0.3) is 10.2 Å². The van der Waals surface area contributed by atoms with Gasteiger partial charge in [0.2, 0.25) is 5.91 Å². The van der Waals surface area contributed by atoms with Crippen molar-refractivity contribution in [2.45, 2.75) is 44.0 Å². The fourth-order valence-electron chi connectivity index (χ4n) is 3.67. The molecule has 32 heavy (non-hydrogen) atoms. The highest BCUT2D eigenvalue weighted by atomic mass is 32.2. The van der Waals surface area contributed by atoms with Gasteiger partial charge in [-0.1, -0.05) is 17.8 Å². The van der Waals surface area contributed by atoms with Gasteiger partial charge in [-0.25, -0.2) is 4.98 Å². The molecule has 0 bridgehead atoms. The van der Waals surface area contributed by atoms with Crippen molar-refractivity contribution in [3.8, 4) is 5.75 Å². The summed E-state index contributed by atoms with van der Waals surface area (Å²) in [4.78, 5) is 32.3. The summed E-state index contributed by atoms with van der Waals surface area (Å²) in [5, 5.41) is 3.87. The van der Waals surface area contributed by atoms with Crippen LogP contribution in [0.5, 0.6) is 5.75 Å². The van der Waals surface area contributed by atoms with Crippen molar-refractivity contribution < 1.29 is 18.3 Å². The van der Waals surface area contributed by atoms with Gasteiger partial charge in [0.25, 0.3) is 5.56 Å². The normalized spacial score (nSPS) is 13.2. The maximum absolute atomic E-state index is 13.2. The van der Waals surface area contributed by atoms with Crippen molar-refractivity contribution in [1.82, 2.24) is 9.55 Å². The summed E-state index contributed by atoms with van der Waals surface area (Å²) in [5.41, 5.74) is 1.49. The Labute approximate surface area is 191 Å². The van der Waals surface area contributed by atoms with Gasteiger partial charge < -0.3 is 10.1 Å². The fraction of sp³-hybridized carbons (Fsp3) is 0.318. The van der Waals surface area contributed by atoms with Crippen LogP contribution in [0.1, 0.15) is 23.3 Å². The lowest BCUT2D eigenvalue weighted by molar-refractivity contribution is -0.113. The highest BCUT2D eigenvalue weighted by Gasteiger charge is 2.22. The van der Waals surface area contributed by atoms with E-state index in [1.54, 1.807) is 22.0 Å². The van der Waals surface area contributed by atoms with Crippen LogP contribution in [-0.2, 0) is 24.2 Å². The van der Waals surface area contributed by atoms with Gasteiger partial charge in [-0.2, -0.15) is 8.78 Å². The van der Waals surface area contributed by atoms with E-state index in [-0.39, 0.29) is 23.0 Å². The molecule has 168 valence electrons. The number of thiophene rings is 1. The standard InChI is InChI=1S/C22H21F2N3O3S2/c1-2-11-27-20(29)18-15-5-3-4-6-16(15)32-19(18)26-22(27)31-12-17(28)25-13-7-9-14(10-8-13)30-21(23)24/h2,7-10,21H,1,3-6,11-12H2,(H,25,28). The predicted molar refractivity (Wildman–Crippen MR) is 123 cm³/mol. The van der Waals surface area contributed by atoms with Gasteiger partial charge in [0.1, 0.15) is 10.6 Å². The zero-order chi connectivity index (χ0) is 22.7. The van der Waals surface area contributed by atoms with E-state index >= 15 is 0 Å². The van der Waals surface area contributed by atoms with Gasteiger partial charge >= 0.3 is 6.61 Å². The van der Waals surface area contributed by atoms with E-state index in [0.29, 0.717) is 22.8 Å².